The Labute approximate surface area is 127 Å². The Kier molecular flexibility index (Phi) is 4.27. The predicted molar refractivity (Wildman–Crippen MR) is 77.7 cm³/mol. The fourth-order valence-corrected chi connectivity index (χ4v) is 4.58. The van der Waals surface area contributed by atoms with Crippen LogP contribution in [0.5, 0.6) is 0 Å². The highest BCUT2D eigenvalue weighted by molar-refractivity contribution is 8.14. The maximum absolute atomic E-state index is 12.0. The van der Waals surface area contributed by atoms with Crippen molar-refractivity contribution in [3.8, 4) is 0 Å². The third-order valence-electron chi connectivity index (χ3n) is 2.87. The number of sulfone groups is 1. The number of rotatable bonds is 5. The van der Waals surface area contributed by atoms with E-state index >= 15 is 0 Å². The maximum atomic E-state index is 12.0. The van der Waals surface area contributed by atoms with Crippen LogP contribution in [-0.4, -0.2) is 37.2 Å². The van der Waals surface area contributed by atoms with Gasteiger partial charge in [-0.15, -0.1) is 0 Å². The Hall–Kier alpha value is -1.19. The number of fused-ring (bicyclic) bond motifs is 1. The number of hydrogen-bond acceptors (Lipinski definition) is 6. The van der Waals surface area contributed by atoms with Crippen molar-refractivity contribution in [2.24, 2.45) is 0 Å². The maximum Gasteiger partial charge on any atom is 0.281 e. The van der Waals surface area contributed by atoms with E-state index in [0.29, 0.717) is 12.1 Å². The van der Waals surface area contributed by atoms with E-state index in [0.717, 1.165) is 10.9 Å². The van der Waals surface area contributed by atoms with Crippen molar-refractivity contribution in [1.29, 1.82) is 0 Å². The number of hydrogen-bond donors (Lipinski definition) is 0. The number of aromatic nitrogens is 3. The first-order valence-corrected chi connectivity index (χ1v) is 10.2. The molecule has 2 aromatic heterocycles. The number of halogens is 1. The molecule has 0 radical (unpaired) electrons. The van der Waals surface area contributed by atoms with Crippen LogP contribution in [0.15, 0.2) is 22.2 Å². The lowest BCUT2D eigenvalue weighted by atomic mass is 10.2. The molecule has 116 valence electrons. The predicted octanol–water partition coefficient (Wildman–Crippen LogP) is 1.40. The molecule has 0 aliphatic heterocycles. The molecule has 0 aliphatic rings. The van der Waals surface area contributed by atoms with Crippen LogP contribution >= 0.6 is 10.7 Å². The largest absolute Gasteiger partial charge is 0.281 e. The standard InChI is InChI=1S/C11H14ClN3O4S2/c1-3-5-8-6-7-9-13-10(20(16,17)4-2)11(15(9)14-8)21(12,18)19/h6-7H,3-5H2,1-2H3. The second-order valence-electron chi connectivity index (χ2n) is 4.41. The Morgan fingerprint density at radius 3 is 2.38 bits per heavy atom. The third kappa shape index (κ3) is 3.04. The van der Waals surface area contributed by atoms with E-state index in [9.17, 15) is 16.8 Å². The van der Waals surface area contributed by atoms with E-state index in [2.05, 4.69) is 10.1 Å². The number of imidazole rings is 1. The van der Waals surface area contributed by atoms with E-state index in [-0.39, 0.29) is 11.4 Å². The van der Waals surface area contributed by atoms with E-state index in [1.54, 1.807) is 6.07 Å². The van der Waals surface area contributed by atoms with Gasteiger partial charge in [-0.25, -0.2) is 21.8 Å². The summed E-state index contributed by atoms with van der Waals surface area (Å²) in [6.45, 7) is 3.35. The van der Waals surface area contributed by atoms with Gasteiger partial charge in [-0.05, 0) is 18.6 Å². The van der Waals surface area contributed by atoms with E-state index < -0.39 is 28.9 Å². The molecular formula is C11H14ClN3O4S2. The van der Waals surface area contributed by atoms with E-state index in [4.69, 9.17) is 10.7 Å². The summed E-state index contributed by atoms with van der Waals surface area (Å²) in [4.78, 5) is 3.87. The van der Waals surface area contributed by atoms with Gasteiger partial charge in [-0.2, -0.15) is 9.61 Å². The molecule has 0 spiro atoms. The molecular weight excluding hydrogens is 338 g/mol. The van der Waals surface area contributed by atoms with Gasteiger partial charge in [-0.3, -0.25) is 0 Å². The summed E-state index contributed by atoms with van der Waals surface area (Å²) in [5, 5.41) is 2.97. The lowest BCUT2D eigenvalue weighted by molar-refractivity contribution is 0.579. The first-order valence-electron chi connectivity index (χ1n) is 6.26. The minimum Gasteiger partial charge on any atom is -0.222 e. The second-order valence-corrected chi connectivity index (χ2v) is 9.08. The van der Waals surface area contributed by atoms with Crippen LogP contribution in [0.1, 0.15) is 26.0 Å². The molecule has 7 nitrogen and oxygen atoms in total. The van der Waals surface area contributed by atoms with Gasteiger partial charge in [0.15, 0.2) is 20.5 Å². The molecule has 0 aliphatic carbocycles. The van der Waals surface area contributed by atoms with Gasteiger partial charge in [0.1, 0.15) is 0 Å². The molecule has 0 saturated carbocycles. The van der Waals surface area contributed by atoms with Crippen molar-refractivity contribution in [3.63, 3.8) is 0 Å². The molecule has 2 heterocycles. The summed E-state index contributed by atoms with van der Waals surface area (Å²) in [6, 6.07) is 3.21. The summed E-state index contributed by atoms with van der Waals surface area (Å²) in [6.07, 6.45) is 1.45. The minimum absolute atomic E-state index is 0.126. The van der Waals surface area contributed by atoms with Crippen LogP contribution in [0, 0.1) is 0 Å². The lowest BCUT2D eigenvalue weighted by Crippen LogP contribution is -2.11. The summed E-state index contributed by atoms with van der Waals surface area (Å²) in [7, 11) is -2.76. The smallest absolute Gasteiger partial charge is 0.222 e. The normalized spacial score (nSPS) is 12.9. The Balaban J connectivity index is 2.89. The SMILES string of the molecule is CCCc1ccc2nc(S(=O)(=O)CC)c(S(=O)(=O)Cl)n2n1. The van der Waals surface area contributed by atoms with E-state index in [1.807, 2.05) is 6.92 Å². The van der Waals surface area contributed by atoms with Crippen LogP contribution in [0.25, 0.3) is 5.65 Å². The summed E-state index contributed by atoms with van der Waals surface area (Å²) in [5.74, 6) is -0.280. The van der Waals surface area contributed by atoms with Crippen LogP contribution < -0.4 is 0 Å². The molecule has 0 saturated heterocycles. The summed E-state index contributed by atoms with van der Waals surface area (Å²) >= 11 is 0. The molecule has 10 heteroatoms. The van der Waals surface area contributed by atoms with Crippen molar-refractivity contribution in [2.75, 3.05) is 5.75 Å². The van der Waals surface area contributed by atoms with Gasteiger partial charge in [0.2, 0.25) is 5.03 Å². The first kappa shape index (κ1) is 16.2. The number of aryl methyl sites for hydroxylation is 1. The average molecular weight is 352 g/mol. The van der Waals surface area contributed by atoms with Gasteiger partial charge in [0, 0.05) is 10.7 Å². The molecule has 2 rings (SSSR count). The molecule has 0 atom stereocenters. The van der Waals surface area contributed by atoms with Crippen molar-refractivity contribution < 1.29 is 16.8 Å². The zero-order valence-electron chi connectivity index (χ0n) is 11.4. The van der Waals surface area contributed by atoms with Crippen LogP contribution in [0.2, 0.25) is 0 Å². The molecule has 0 bridgehead atoms. The van der Waals surface area contributed by atoms with Crippen molar-refractivity contribution in [2.45, 2.75) is 36.7 Å². The summed E-state index contributed by atoms with van der Waals surface area (Å²) in [5.41, 5.74) is 0.755. The molecule has 0 amide bonds. The zero-order chi connectivity index (χ0) is 15.8. The highest BCUT2D eigenvalue weighted by atomic mass is 35.7. The zero-order valence-corrected chi connectivity index (χ0v) is 13.8. The number of nitrogens with zero attached hydrogens (tertiary/aromatic N) is 3. The van der Waals surface area contributed by atoms with Crippen LogP contribution in [0.4, 0.5) is 0 Å². The van der Waals surface area contributed by atoms with Gasteiger partial charge in [0.05, 0.1) is 11.4 Å². The minimum atomic E-state index is -4.31. The van der Waals surface area contributed by atoms with Gasteiger partial charge in [0.25, 0.3) is 9.05 Å². The third-order valence-corrected chi connectivity index (χ3v) is 5.90. The van der Waals surface area contributed by atoms with Crippen molar-refractivity contribution in [3.05, 3.63) is 17.8 Å². The first-order chi connectivity index (χ1) is 9.70. The molecule has 2 aromatic rings. The van der Waals surface area contributed by atoms with Gasteiger partial charge >= 0.3 is 0 Å². The topological polar surface area (TPSA) is 98.5 Å². The molecule has 0 N–H and O–H groups in total. The van der Waals surface area contributed by atoms with E-state index in [1.165, 1.54) is 13.0 Å². The Bertz CT molecular complexity index is 888. The second kappa shape index (κ2) is 5.54. The molecule has 0 aromatic carbocycles. The Morgan fingerprint density at radius 1 is 1.19 bits per heavy atom. The van der Waals surface area contributed by atoms with Crippen LogP contribution in [-0.2, 0) is 25.3 Å². The highest BCUT2D eigenvalue weighted by Gasteiger charge is 2.31. The highest BCUT2D eigenvalue weighted by Crippen LogP contribution is 2.25. The quantitative estimate of drug-likeness (QED) is 0.755. The lowest BCUT2D eigenvalue weighted by Gasteiger charge is -2.02. The fourth-order valence-electron chi connectivity index (χ4n) is 1.87. The summed E-state index contributed by atoms with van der Waals surface area (Å²) < 4.78 is 48.5. The monoisotopic (exact) mass is 351 g/mol. The average Bonchev–Trinajstić information content (AvgIpc) is 2.78. The molecule has 0 unspecified atom stereocenters. The van der Waals surface area contributed by atoms with Gasteiger partial charge in [-0.1, -0.05) is 20.3 Å². The van der Waals surface area contributed by atoms with Crippen molar-refractivity contribution in [1.82, 2.24) is 14.6 Å². The van der Waals surface area contributed by atoms with Gasteiger partial charge < -0.3 is 0 Å². The van der Waals surface area contributed by atoms with Crippen LogP contribution in [0.3, 0.4) is 0 Å². The molecule has 21 heavy (non-hydrogen) atoms. The fraction of sp³-hybridized carbons (Fsp3) is 0.455. The Morgan fingerprint density at radius 2 is 1.86 bits per heavy atom. The molecule has 0 fully saturated rings. The van der Waals surface area contributed by atoms with Crippen molar-refractivity contribution >= 4 is 35.2 Å².